The first-order valence-corrected chi connectivity index (χ1v) is 4.44. The van der Waals surface area contributed by atoms with Crippen molar-refractivity contribution in [3.8, 4) is 0 Å². The summed E-state index contributed by atoms with van der Waals surface area (Å²) in [6.07, 6.45) is -0.513. The highest BCUT2D eigenvalue weighted by Crippen LogP contribution is 2.06. The van der Waals surface area contributed by atoms with E-state index in [2.05, 4.69) is 15.9 Å². The van der Waals surface area contributed by atoms with Crippen LogP contribution in [-0.2, 0) is 6.54 Å². The van der Waals surface area contributed by atoms with Crippen molar-refractivity contribution >= 4 is 15.9 Å². The Hall–Kier alpha value is -0.610. The lowest BCUT2D eigenvalue weighted by Gasteiger charge is -2.09. The first kappa shape index (κ1) is 9.48. The lowest BCUT2D eigenvalue weighted by Crippen LogP contribution is -2.24. The fourth-order valence-electron chi connectivity index (χ4n) is 0.936. The third-order valence-electron chi connectivity index (χ3n) is 1.44. The molecule has 66 valence electrons. The molecule has 0 fully saturated rings. The molecule has 0 aromatic carbocycles. The van der Waals surface area contributed by atoms with E-state index >= 15 is 0 Å². The van der Waals surface area contributed by atoms with Gasteiger partial charge in [0.2, 0.25) is 0 Å². The van der Waals surface area contributed by atoms with Crippen LogP contribution in [0.3, 0.4) is 0 Å². The third kappa shape index (κ3) is 2.19. The largest absolute Gasteiger partial charge is 0.392 e. The van der Waals surface area contributed by atoms with Gasteiger partial charge in [-0.1, -0.05) is 6.07 Å². The number of aliphatic hydroxyl groups excluding tert-OH is 1. The van der Waals surface area contributed by atoms with Crippen molar-refractivity contribution < 1.29 is 5.11 Å². The Morgan fingerprint density at radius 3 is 2.83 bits per heavy atom. The number of halogens is 1. The highest BCUT2D eigenvalue weighted by Gasteiger charge is 2.02. The Bertz CT molecular complexity index is 319. The quantitative estimate of drug-likeness (QED) is 0.772. The van der Waals surface area contributed by atoms with Gasteiger partial charge in [0.15, 0.2) is 0 Å². The summed E-state index contributed by atoms with van der Waals surface area (Å²) in [6, 6.07) is 4.90. The van der Waals surface area contributed by atoms with Crippen LogP contribution in [0, 0.1) is 0 Å². The summed E-state index contributed by atoms with van der Waals surface area (Å²) in [5.41, 5.74) is -0.106. The highest BCUT2D eigenvalue weighted by atomic mass is 79.9. The molecule has 0 saturated heterocycles. The van der Waals surface area contributed by atoms with Crippen molar-refractivity contribution in [2.75, 3.05) is 0 Å². The highest BCUT2D eigenvalue weighted by molar-refractivity contribution is 9.10. The fraction of sp³-hybridized carbons (Fsp3) is 0.375. The van der Waals surface area contributed by atoms with E-state index < -0.39 is 6.10 Å². The molecular formula is C8H10BrNO2. The predicted octanol–water partition coefficient (Wildman–Crippen LogP) is 0.992. The molecule has 0 aliphatic carbocycles. The van der Waals surface area contributed by atoms with E-state index in [-0.39, 0.29) is 5.56 Å². The van der Waals surface area contributed by atoms with Gasteiger partial charge in [-0.15, -0.1) is 0 Å². The van der Waals surface area contributed by atoms with Gasteiger partial charge in [0.25, 0.3) is 5.56 Å². The summed E-state index contributed by atoms with van der Waals surface area (Å²) in [6.45, 7) is 1.96. The normalized spacial score (nSPS) is 12.9. The van der Waals surface area contributed by atoms with Gasteiger partial charge < -0.3 is 9.67 Å². The number of rotatable bonds is 2. The van der Waals surface area contributed by atoms with Gasteiger partial charge >= 0.3 is 0 Å². The molecule has 1 rings (SSSR count). The zero-order chi connectivity index (χ0) is 9.14. The molecule has 1 N–H and O–H groups in total. The van der Waals surface area contributed by atoms with E-state index in [9.17, 15) is 4.79 Å². The van der Waals surface area contributed by atoms with E-state index in [0.717, 1.165) is 0 Å². The molecule has 3 nitrogen and oxygen atoms in total. The van der Waals surface area contributed by atoms with E-state index in [1.54, 1.807) is 19.1 Å². The number of pyridine rings is 1. The molecule has 0 bridgehead atoms. The maximum atomic E-state index is 11.2. The fourth-order valence-corrected chi connectivity index (χ4v) is 1.41. The number of hydrogen-bond acceptors (Lipinski definition) is 2. The van der Waals surface area contributed by atoms with Crippen LogP contribution in [0.2, 0.25) is 0 Å². The summed E-state index contributed by atoms with van der Waals surface area (Å²) in [5, 5.41) is 9.07. The van der Waals surface area contributed by atoms with Crippen molar-refractivity contribution in [3.05, 3.63) is 33.2 Å². The molecule has 12 heavy (non-hydrogen) atoms. The second-order valence-corrected chi connectivity index (χ2v) is 3.46. The molecular weight excluding hydrogens is 222 g/mol. The topological polar surface area (TPSA) is 42.2 Å². The molecule has 0 saturated carbocycles. The molecule has 0 spiro atoms. The summed E-state index contributed by atoms with van der Waals surface area (Å²) >= 11 is 3.23. The zero-order valence-corrected chi connectivity index (χ0v) is 8.28. The molecule has 4 heteroatoms. The van der Waals surface area contributed by atoms with E-state index in [0.29, 0.717) is 11.1 Å². The molecule has 1 aromatic heterocycles. The lowest BCUT2D eigenvalue weighted by atomic mass is 10.4. The van der Waals surface area contributed by atoms with Crippen molar-refractivity contribution in [1.29, 1.82) is 0 Å². The Morgan fingerprint density at radius 2 is 2.33 bits per heavy atom. The molecule has 1 unspecified atom stereocenters. The van der Waals surface area contributed by atoms with Crippen LogP contribution in [0.4, 0.5) is 0 Å². The molecule has 1 heterocycles. The second-order valence-electron chi connectivity index (χ2n) is 2.65. The molecule has 1 aromatic rings. The molecule has 0 radical (unpaired) electrons. The Balaban J connectivity index is 3.05. The molecule has 0 amide bonds. The van der Waals surface area contributed by atoms with Crippen molar-refractivity contribution in [1.82, 2.24) is 4.57 Å². The van der Waals surface area contributed by atoms with Crippen LogP contribution >= 0.6 is 15.9 Å². The molecule has 0 aliphatic rings. The number of hydrogen-bond donors (Lipinski definition) is 1. The zero-order valence-electron chi connectivity index (χ0n) is 6.70. The Kier molecular flexibility index (Phi) is 3.05. The van der Waals surface area contributed by atoms with Crippen molar-refractivity contribution in [3.63, 3.8) is 0 Å². The Labute approximate surface area is 78.8 Å². The van der Waals surface area contributed by atoms with Gasteiger partial charge in [-0.05, 0) is 28.9 Å². The summed E-state index contributed by atoms with van der Waals surface area (Å²) < 4.78 is 2.17. The van der Waals surface area contributed by atoms with Crippen LogP contribution < -0.4 is 5.56 Å². The van der Waals surface area contributed by atoms with Crippen LogP contribution in [0.5, 0.6) is 0 Å². The van der Waals surface area contributed by atoms with Crippen LogP contribution in [0.15, 0.2) is 27.6 Å². The van der Waals surface area contributed by atoms with Gasteiger partial charge in [0, 0.05) is 6.07 Å². The number of nitrogens with zero attached hydrogens (tertiary/aromatic N) is 1. The molecule has 1 atom stereocenters. The summed E-state index contributed by atoms with van der Waals surface area (Å²) in [7, 11) is 0. The average molecular weight is 232 g/mol. The lowest BCUT2D eigenvalue weighted by molar-refractivity contribution is 0.171. The van der Waals surface area contributed by atoms with Crippen LogP contribution in [-0.4, -0.2) is 15.8 Å². The van der Waals surface area contributed by atoms with E-state index in [4.69, 9.17) is 5.11 Å². The SMILES string of the molecule is CC(O)Cn1c(Br)cccc1=O. The van der Waals surface area contributed by atoms with Gasteiger partial charge in [-0.3, -0.25) is 4.79 Å². The number of aromatic nitrogens is 1. The predicted molar refractivity (Wildman–Crippen MR) is 50.1 cm³/mol. The summed E-state index contributed by atoms with van der Waals surface area (Å²) in [5.74, 6) is 0. The monoisotopic (exact) mass is 231 g/mol. The average Bonchev–Trinajstić information content (AvgIpc) is 1.97. The van der Waals surface area contributed by atoms with Crippen molar-refractivity contribution in [2.45, 2.75) is 19.6 Å². The smallest absolute Gasteiger partial charge is 0.251 e. The van der Waals surface area contributed by atoms with E-state index in [1.165, 1.54) is 10.6 Å². The maximum Gasteiger partial charge on any atom is 0.251 e. The van der Waals surface area contributed by atoms with E-state index in [1.807, 2.05) is 0 Å². The Morgan fingerprint density at radius 1 is 1.67 bits per heavy atom. The number of aliphatic hydroxyl groups is 1. The molecule has 0 aliphatic heterocycles. The van der Waals surface area contributed by atoms with Crippen LogP contribution in [0.25, 0.3) is 0 Å². The van der Waals surface area contributed by atoms with Crippen molar-refractivity contribution in [2.24, 2.45) is 0 Å². The maximum absolute atomic E-state index is 11.2. The first-order valence-electron chi connectivity index (χ1n) is 3.64. The van der Waals surface area contributed by atoms with Gasteiger partial charge in [-0.2, -0.15) is 0 Å². The second kappa shape index (κ2) is 3.87. The van der Waals surface area contributed by atoms with Gasteiger partial charge in [0.05, 0.1) is 17.3 Å². The minimum absolute atomic E-state index is 0.106. The first-order chi connectivity index (χ1) is 5.61. The minimum Gasteiger partial charge on any atom is -0.392 e. The standard InChI is InChI=1S/C8H10BrNO2/c1-6(11)5-10-7(9)3-2-4-8(10)12/h2-4,6,11H,5H2,1H3. The van der Waals surface area contributed by atoms with Crippen LogP contribution in [0.1, 0.15) is 6.92 Å². The summed E-state index contributed by atoms with van der Waals surface area (Å²) in [4.78, 5) is 11.2. The third-order valence-corrected chi connectivity index (χ3v) is 2.14. The van der Waals surface area contributed by atoms with Gasteiger partial charge in [0.1, 0.15) is 0 Å². The minimum atomic E-state index is -0.513. The van der Waals surface area contributed by atoms with Gasteiger partial charge in [-0.25, -0.2) is 0 Å².